The van der Waals surface area contributed by atoms with Gasteiger partial charge in [0.1, 0.15) is 5.75 Å². The third-order valence-corrected chi connectivity index (χ3v) is 7.96. The molecule has 4 nitrogen and oxygen atoms in total. The maximum atomic E-state index is 13.9. The van der Waals surface area contributed by atoms with E-state index in [0.717, 1.165) is 32.7 Å². The van der Waals surface area contributed by atoms with Crippen molar-refractivity contribution >= 4 is 37.3 Å². The van der Waals surface area contributed by atoms with Gasteiger partial charge >= 0.3 is 0 Å². The predicted octanol–water partition coefficient (Wildman–Crippen LogP) is 7.05. The average molecular weight is 480 g/mol. The first-order chi connectivity index (χ1) is 17.1. The Labute approximate surface area is 205 Å². The lowest BCUT2D eigenvalue weighted by Gasteiger charge is -2.27. The van der Waals surface area contributed by atoms with Crippen LogP contribution in [0.1, 0.15) is 0 Å². The Kier molecular flexibility index (Phi) is 6.01. The van der Waals surface area contributed by atoms with E-state index in [-0.39, 0.29) is 11.4 Å². The molecule has 5 aromatic rings. The van der Waals surface area contributed by atoms with E-state index in [9.17, 15) is 8.42 Å². The molecular formula is C30H25NO3S. The summed E-state index contributed by atoms with van der Waals surface area (Å²) in [4.78, 5) is 0.228. The number of hydrogen-bond donors (Lipinski definition) is 0. The highest BCUT2D eigenvalue weighted by Gasteiger charge is 2.28. The van der Waals surface area contributed by atoms with E-state index in [1.54, 1.807) is 43.5 Å². The van der Waals surface area contributed by atoms with E-state index in [2.05, 4.69) is 6.58 Å². The molecule has 5 aromatic carbocycles. The van der Waals surface area contributed by atoms with Gasteiger partial charge in [-0.15, -0.1) is 6.58 Å². The van der Waals surface area contributed by atoms with Crippen molar-refractivity contribution in [2.75, 3.05) is 18.0 Å². The third-order valence-electron chi connectivity index (χ3n) is 6.16. The molecule has 174 valence electrons. The van der Waals surface area contributed by atoms with Crippen molar-refractivity contribution in [2.24, 2.45) is 0 Å². The molecule has 0 aromatic heterocycles. The summed E-state index contributed by atoms with van der Waals surface area (Å²) in [6.07, 6.45) is 1.61. The van der Waals surface area contributed by atoms with Crippen LogP contribution in [0.15, 0.2) is 121 Å². The normalized spacial score (nSPS) is 11.5. The van der Waals surface area contributed by atoms with Crippen LogP contribution in [0.3, 0.4) is 0 Å². The maximum Gasteiger partial charge on any atom is 0.264 e. The molecule has 0 radical (unpaired) electrons. The lowest BCUT2D eigenvalue weighted by molar-refractivity contribution is 0.417. The number of hydrogen-bond acceptors (Lipinski definition) is 3. The van der Waals surface area contributed by atoms with Crippen molar-refractivity contribution in [3.05, 3.63) is 116 Å². The second-order valence-electron chi connectivity index (χ2n) is 8.18. The topological polar surface area (TPSA) is 46.6 Å². The number of nitrogens with zero attached hydrogens (tertiary/aromatic N) is 1. The van der Waals surface area contributed by atoms with Crippen molar-refractivity contribution in [3.8, 4) is 16.9 Å². The molecule has 0 aliphatic carbocycles. The van der Waals surface area contributed by atoms with Crippen molar-refractivity contribution in [1.29, 1.82) is 0 Å². The van der Waals surface area contributed by atoms with Crippen LogP contribution in [0.25, 0.3) is 32.7 Å². The molecule has 0 spiro atoms. The average Bonchev–Trinajstić information content (AvgIpc) is 2.91. The van der Waals surface area contributed by atoms with Crippen LogP contribution in [0.4, 0.5) is 5.69 Å². The van der Waals surface area contributed by atoms with Crippen molar-refractivity contribution < 1.29 is 13.2 Å². The van der Waals surface area contributed by atoms with Gasteiger partial charge in [-0.1, -0.05) is 84.9 Å². The Balaban J connectivity index is 1.91. The summed E-state index contributed by atoms with van der Waals surface area (Å²) in [6.45, 7) is 3.97. The van der Waals surface area contributed by atoms with E-state index in [4.69, 9.17) is 4.74 Å². The molecule has 35 heavy (non-hydrogen) atoms. The van der Waals surface area contributed by atoms with E-state index in [1.807, 2.05) is 72.8 Å². The van der Waals surface area contributed by atoms with Gasteiger partial charge in [-0.2, -0.15) is 0 Å². The molecule has 5 heteroatoms. The number of rotatable bonds is 7. The van der Waals surface area contributed by atoms with Crippen molar-refractivity contribution in [2.45, 2.75) is 4.90 Å². The standard InChI is InChI=1S/C30H25NO3S/c1-3-21-31(35(32,33)24-13-5-4-6-14-24)27-19-17-22-11-7-9-15-25(22)29(27)30-26-16-10-8-12-23(26)18-20-28(30)34-2/h3-20H,1,21H2,2H3. The van der Waals surface area contributed by atoms with Crippen LogP contribution in [-0.2, 0) is 10.0 Å². The van der Waals surface area contributed by atoms with Crippen LogP contribution in [0, 0.1) is 0 Å². The van der Waals surface area contributed by atoms with E-state index in [0.29, 0.717) is 11.4 Å². The Hall–Kier alpha value is -4.09. The molecule has 0 atom stereocenters. The van der Waals surface area contributed by atoms with Gasteiger partial charge in [0.2, 0.25) is 0 Å². The molecule has 0 saturated carbocycles. The molecule has 0 amide bonds. The molecule has 0 bridgehead atoms. The van der Waals surface area contributed by atoms with Gasteiger partial charge in [-0.25, -0.2) is 8.42 Å². The fourth-order valence-corrected chi connectivity index (χ4v) is 6.04. The van der Waals surface area contributed by atoms with E-state index in [1.165, 1.54) is 4.31 Å². The second kappa shape index (κ2) is 9.28. The molecule has 0 aliphatic rings. The fourth-order valence-electron chi connectivity index (χ4n) is 4.57. The minimum Gasteiger partial charge on any atom is -0.496 e. The van der Waals surface area contributed by atoms with E-state index >= 15 is 0 Å². The van der Waals surface area contributed by atoms with Crippen LogP contribution in [0.5, 0.6) is 5.75 Å². The zero-order valence-electron chi connectivity index (χ0n) is 19.4. The van der Waals surface area contributed by atoms with Gasteiger partial charge in [-0.3, -0.25) is 4.31 Å². The molecule has 5 rings (SSSR count). The van der Waals surface area contributed by atoms with Crippen LogP contribution >= 0.6 is 0 Å². The fraction of sp³-hybridized carbons (Fsp3) is 0.0667. The Morgan fingerprint density at radius 1 is 0.743 bits per heavy atom. The third kappa shape index (κ3) is 3.94. The summed E-state index contributed by atoms with van der Waals surface area (Å²) >= 11 is 0. The first-order valence-electron chi connectivity index (χ1n) is 11.3. The maximum absolute atomic E-state index is 13.9. The molecule has 0 heterocycles. The number of sulfonamides is 1. The summed E-state index contributed by atoms with van der Waals surface area (Å²) in [5.74, 6) is 0.678. The van der Waals surface area contributed by atoms with Gasteiger partial charge in [0, 0.05) is 11.1 Å². The Morgan fingerprint density at radius 3 is 1.94 bits per heavy atom. The number of benzene rings is 5. The second-order valence-corrected chi connectivity index (χ2v) is 10.0. The molecule has 0 fully saturated rings. The summed E-state index contributed by atoms with van der Waals surface area (Å²) < 4.78 is 35.1. The first kappa shape index (κ1) is 22.7. The lowest BCUT2D eigenvalue weighted by atomic mass is 9.91. The first-order valence-corrected chi connectivity index (χ1v) is 12.8. The molecular weight excluding hydrogens is 454 g/mol. The summed E-state index contributed by atoms with van der Waals surface area (Å²) in [5.41, 5.74) is 2.23. The number of anilines is 1. The molecule has 0 aliphatic heterocycles. The van der Waals surface area contributed by atoms with E-state index < -0.39 is 10.0 Å². The van der Waals surface area contributed by atoms with Crippen molar-refractivity contribution in [1.82, 2.24) is 0 Å². The van der Waals surface area contributed by atoms with Crippen LogP contribution in [0.2, 0.25) is 0 Å². The number of ether oxygens (including phenoxy) is 1. The highest BCUT2D eigenvalue weighted by Crippen LogP contribution is 2.46. The zero-order valence-corrected chi connectivity index (χ0v) is 20.2. The number of methoxy groups -OCH3 is 1. The summed E-state index contributed by atoms with van der Waals surface area (Å²) in [6, 6.07) is 32.4. The van der Waals surface area contributed by atoms with Gasteiger partial charge < -0.3 is 4.74 Å². The summed E-state index contributed by atoms with van der Waals surface area (Å²) in [7, 11) is -2.23. The molecule has 0 saturated heterocycles. The SMILES string of the molecule is C=CCN(c1ccc2ccccc2c1-c1c(OC)ccc2ccccc12)S(=O)(=O)c1ccccc1. The smallest absolute Gasteiger partial charge is 0.264 e. The van der Waals surface area contributed by atoms with Gasteiger partial charge in [0.15, 0.2) is 0 Å². The Morgan fingerprint density at radius 2 is 1.31 bits per heavy atom. The monoisotopic (exact) mass is 479 g/mol. The van der Waals surface area contributed by atoms with Crippen LogP contribution in [-0.4, -0.2) is 22.1 Å². The molecule has 0 N–H and O–H groups in total. The summed E-state index contributed by atoms with van der Waals surface area (Å²) in [5, 5.41) is 3.98. The molecule has 0 unspecified atom stereocenters. The van der Waals surface area contributed by atoms with Crippen LogP contribution < -0.4 is 9.04 Å². The number of fused-ring (bicyclic) bond motifs is 2. The van der Waals surface area contributed by atoms with Gasteiger partial charge in [-0.05, 0) is 45.8 Å². The largest absolute Gasteiger partial charge is 0.496 e. The highest BCUT2D eigenvalue weighted by atomic mass is 32.2. The predicted molar refractivity (Wildman–Crippen MR) is 145 cm³/mol. The minimum absolute atomic E-state index is 0.121. The lowest BCUT2D eigenvalue weighted by Crippen LogP contribution is -2.31. The van der Waals surface area contributed by atoms with Gasteiger partial charge in [0.25, 0.3) is 10.0 Å². The zero-order chi connectivity index (χ0) is 24.4. The Bertz CT molecular complexity index is 1640. The quantitative estimate of drug-likeness (QED) is 0.235. The highest BCUT2D eigenvalue weighted by molar-refractivity contribution is 7.92. The van der Waals surface area contributed by atoms with Crippen molar-refractivity contribution in [3.63, 3.8) is 0 Å². The van der Waals surface area contributed by atoms with Gasteiger partial charge in [0.05, 0.1) is 24.2 Å². The minimum atomic E-state index is -3.87.